The van der Waals surface area contributed by atoms with Crippen molar-refractivity contribution in [3.63, 3.8) is 0 Å². The van der Waals surface area contributed by atoms with Crippen LogP contribution in [0.15, 0.2) is 53.7 Å². The number of para-hydroxylation sites is 1. The molecule has 0 radical (unpaired) electrons. The first-order chi connectivity index (χ1) is 12.2. The standard InChI is InChI=1S/C19H25ClN4O/c1-3-21-19(23-13-11-16-8-6-7-12-22-16)24-14-15(2)25-18-10-5-4-9-17(18)20/h4-10,12,15H,3,11,13-14H2,1-2H3,(H2,21,23,24). The molecule has 1 aromatic carbocycles. The first-order valence-corrected chi connectivity index (χ1v) is 8.90. The maximum Gasteiger partial charge on any atom is 0.191 e. The van der Waals surface area contributed by atoms with E-state index in [1.54, 1.807) is 0 Å². The van der Waals surface area contributed by atoms with Gasteiger partial charge in [-0.05, 0) is 38.1 Å². The first-order valence-electron chi connectivity index (χ1n) is 8.52. The molecule has 0 amide bonds. The third-order valence-corrected chi connectivity index (χ3v) is 3.73. The summed E-state index contributed by atoms with van der Waals surface area (Å²) in [4.78, 5) is 8.89. The van der Waals surface area contributed by atoms with Crippen molar-refractivity contribution in [2.24, 2.45) is 4.99 Å². The smallest absolute Gasteiger partial charge is 0.191 e. The van der Waals surface area contributed by atoms with Crippen LogP contribution in [0.1, 0.15) is 19.5 Å². The van der Waals surface area contributed by atoms with Crippen molar-refractivity contribution in [1.82, 2.24) is 15.6 Å². The fourth-order valence-electron chi connectivity index (χ4n) is 2.21. The number of ether oxygens (including phenoxy) is 1. The summed E-state index contributed by atoms with van der Waals surface area (Å²) in [7, 11) is 0. The lowest BCUT2D eigenvalue weighted by molar-refractivity contribution is 0.230. The molecule has 6 heteroatoms. The van der Waals surface area contributed by atoms with Crippen LogP contribution in [-0.2, 0) is 6.42 Å². The third-order valence-electron chi connectivity index (χ3n) is 3.42. The van der Waals surface area contributed by atoms with E-state index in [2.05, 4.69) is 20.6 Å². The zero-order valence-corrected chi connectivity index (χ0v) is 15.5. The van der Waals surface area contributed by atoms with E-state index in [0.717, 1.165) is 31.2 Å². The summed E-state index contributed by atoms with van der Waals surface area (Å²) in [6.07, 6.45) is 2.57. The zero-order chi connectivity index (χ0) is 17.9. The Labute approximate surface area is 154 Å². The van der Waals surface area contributed by atoms with Crippen LogP contribution >= 0.6 is 11.6 Å². The van der Waals surface area contributed by atoms with Gasteiger partial charge in [-0.1, -0.05) is 29.8 Å². The molecule has 0 aliphatic carbocycles. The van der Waals surface area contributed by atoms with Crippen LogP contribution in [0, 0.1) is 0 Å². The minimum Gasteiger partial charge on any atom is -0.487 e. The van der Waals surface area contributed by atoms with E-state index in [9.17, 15) is 0 Å². The molecular weight excluding hydrogens is 336 g/mol. The molecule has 1 unspecified atom stereocenters. The highest BCUT2D eigenvalue weighted by Gasteiger charge is 2.07. The van der Waals surface area contributed by atoms with Gasteiger partial charge in [-0.2, -0.15) is 0 Å². The van der Waals surface area contributed by atoms with Gasteiger partial charge in [-0.15, -0.1) is 0 Å². The van der Waals surface area contributed by atoms with Gasteiger partial charge in [-0.3, -0.25) is 4.98 Å². The average molecular weight is 361 g/mol. The minimum atomic E-state index is -0.0776. The fraction of sp³-hybridized carbons (Fsp3) is 0.368. The second-order valence-electron chi connectivity index (χ2n) is 5.58. The summed E-state index contributed by atoms with van der Waals surface area (Å²) in [6.45, 7) is 6.12. The molecule has 0 spiro atoms. The Morgan fingerprint density at radius 1 is 1.20 bits per heavy atom. The van der Waals surface area contributed by atoms with Crippen LogP contribution in [0.5, 0.6) is 5.75 Å². The normalized spacial score (nSPS) is 12.5. The van der Waals surface area contributed by atoms with Gasteiger partial charge in [0.2, 0.25) is 0 Å². The van der Waals surface area contributed by atoms with E-state index < -0.39 is 0 Å². The summed E-state index contributed by atoms with van der Waals surface area (Å²) >= 11 is 6.12. The molecule has 0 saturated carbocycles. The van der Waals surface area contributed by atoms with Gasteiger partial charge in [0.05, 0.1) is 11.6 Å². The summed E-state index contributed by atoms with van der Waals surface area (Å²) in [5.74, 6) is 1.45. The van der Waals surface area contributed by atoms with Gasteiger partial charge in [0.25, 0.3) is 0 Å². The highest BCUT2D eigenvalue weighted by Crippen LogP contribution is 2.24. The second kappa shape index (κ2) is 10.6. The largest absolute Gasteiger partial charge is 0.487 e. The fourth-order valence-corrected chi connectivity index (χ4v) is 2.39. The van der Waals surface area contributed by atoms with E-state index >= 15 is 0 Å². The molecule has 0 bridgehead atoms. The van der Waals surface area contributed by atoms with Crippen LogP contribution in [0.4, 0.5) is 0 Å². The molecule has 2 aromatic rings. The number of aromatic nitrogens is 1. The lowest BCUT2D eigenvalue weighted by atomic mass is 10.3. The van der Waals surface area contributed by atoms with Crippen LogP contribution in [0.25, 0.3) is 0 Å². The van der Waals surface area contributed by atoms with Crippen molar-refractivity contribution in [3.8, 4) is 5.75 Å². The number of guanidine groups is 1. The third kappa shape index (κ3) is 7.01. The SMILES string of the molecule is CCNC(=NCC(C)Oc1ccccc1Cl)NCCc1ccccn1. The highest BCUT2D eigenvalue weighted by molar-refractivity contribution is 6.32. The van der Waals surface area contributed by atoms with E-state index in [-0.39, 0.29) is 6.10 Å². The number of rotatable bonds is 8. The molecule has 1 aromatic heterocycles. The Morgan fingerprint density at radius 2 is 2.00 bits per heavy atom. The molecule has 25 heavy (non-hydrogen) atoms. The van der Waals surface area contributed by atoms with Gasteiger partial charge < -0.3 is 15.4 Å². The monoisotopic (exact) mass is 360 g/mol. The number of hydrogen-bond donors (Lipinski definition) is 2. The molecule has 0 fully saturated rings. The number of pyridine rings is 1. The maximum atomic E-state index is 6.12. The quantitative estimate of drug-likeness (QED) is 0.560. The van der Waals surface area contributed by atoms with Crippen LogP contribution in [0.2, 0.25) is 5.02 Å². The Bertz CT molecular complexity index is 663. The van der Waals surface area contributed by atoms with Gasteiger partial charge in [-0.25, -0.2) is 4.99 Å². The Balaban J connectivity index is 1.82. The van der Waals surface area contributed by atoms with Gasteiger partial charge in [0, 0.05) is 31.4 Å². The van der Waals surface area contributed by atoms with Crippen LogP contribution < -0.4 is 15.4 Å². The van der Waals surface area contributed by atoms with Crippen molar-refractivity contribution in [3.05, 3.63) is 59.4 Å². The molecule has 1 heterocycles. The predicted octanol–water partition coefficient (Wildman–Crippen LogP) is 3.30. The molecule has 0 aliphatic rings. The van der Waals surface area contributed by atoms with E-state index in [0.29, 0.717) is 17.3 Å². The van der Waals surface area contributed by atoms with Gasteiger partial charge in [0.1, 0.15) is 11.9 Å². The summed E-state index contributed by atoms with van der Waals surface area (Å²) in [5.41, 5.74) is 1.06. The average Bonchev–Trinajstić information content (AvgIpc) is 2.62. The van der Waals surface area contributed by atoms with Crippen molar-refractivity contribution in [1.29, 1.82) is 0 Å². The van der Waals surface area contributed by atoms with E-state index in [4.69, 9.17) is 16.3 Å². The van der Waals surface area contributed by atoms with Gasteiger partial charge in [0.15, 0.2) is 5.96 Å². The van der Waals surface area contributed by atoms with Crippen molar-refractivity contribution in [2.45, 2.75) is 26.4 Å². The maximum absolute atomic E-state index is 6.12. The number of benzene rings is 1. The van der Waals surface area contributed by atoms with Crippen molar-refractivity contribution >= 4 is 17.6 Å². The lowest BCUT2D eigenvalue weighted by Crippen LogP contribution is -2.39. The Kier molecular flexibility index (Phi) is 8.05. The molecule has 0 saturated heterocycles. The minimum absolute atomic E-state index is 0.0776. The Morgan fingerprint density at radius 3 is 2.72 bits per heavy atom. The lowest BCUT2D eigenvalue weighted by Gasteiger charge is -2.16. The molecule has 2 N–H and O–H groups in total. The predicted molar refractivity (Wildman–Crippen MR) is 103 cm³/mol. The van der Waals surface area contributed by atoms with E-state index in [1.165, 1.54) is 0 Å². The molecule has 1 atom stereocenters. The topological polar surface area (TPSA) is 58.5 Å². The molecule has 134 valence electrons. The number of nitrogens with zero attached hydrogens (tertiary/aromatic N) is 2. The summed E-state index contributed by atoms with van der Waals surface area (Å²) in [6, 6.07) is 13.4. The number of nitrogens with one attached hydrogen (secondary N) is 2. The molecule has 2 rings (SSSR count). The van der Waals surface area contributed by atoms with Crippen LogP contribution in [-0.4, -0.2) is 36.7 Å². The zero-order valence-electron chi connectivity index (χ0n) is 14.7. The Hall–Kier alpha value is -2.27. The number of halogens is 1. The molecular formula is C19H25ClN4O. The molecule has 0 aliphatic heterocycles. The summed E-state index contributed by atoms with van der Waals surface area (Å²) < 4.78 is 5.84. The molecule has 5 nitrogen and oxygen atoms in total. The van der Waals surface area contributed by atoms with Gasteiger partial charge >= 0.3 is 0 Å². The van der Waals surface area contributed by atoms with Crippen molar-refractivity contribution < 1.29 is 4.74 Å². The highest BCUT2D eigenvalue weighted by atomic mass is 35.5. The number of aliphatic imine (C=N–C) groups is 1. The van der Waals surface area contributed by atoms with E-state index in [1.807, 2.05) is 62.5 Å². The first kappa shape index (κ1) is 19.1. The second-order valence-corrected chi connectivity index (χ2v) is 5.98. The van der Waals surface area contributed by atoms with Crippen LogP contribution in [0.3, 0.4) is 0 Å². The number of hydrogen-bond acceptors (Lipinski definition) is 3. The van der Waals surface area contributed by atoms with Crippen molar-refractivity contribution in [2.75, 3.05) is 19.6 Å². The summed E-state index contributed by atoms with van der Waals surface area (Å²) in [5, 5.41) is 7.16.